The summed E-state index contributed by atoms with van der Waals surface area (Å²) in [5.74, 6) is -0.308. The number of aromatic nitrogens is 1. The minimum Gasteiger partial charge on any atom is -0.370 e. The smallest absolute Gasteiger partial charge is 0.241 e. The van der Waals surface area contributed by atoms with E-state index < -0.39 is 10.0 Å². The molecule has 33 heavy (non-hydrogen) atoms. The van der Waals surface area contributed by atoms with E-state index in [9.17, 15) is 18.0 Å². The van der Waals surface area contributed by atoms with Gasteiger partial charge in [0.25, 0.3) is 0 Å². The highest BCUT2D eigenvalue weighted by Crippen LogP contribution is 2.26. The lowest BCUT2D eigenvalue weighted by Crippen LogP contribution is -2.37. The summed E-state index contributed by atoms with van der Waals surface area (Å²) in [6.45, 7) is 2.81. The lowest BCUT2D eigenvalue weighted by Gasteiger charge is -2.15. The van der Waals surface area contributed by atoms with Crippen molar-refractivity contribution in [2.75, 3.05) is 13.1 Å². The number of unbranched alkanes of at least 4 members (excludes halogenated alkanes) is 3. The van der Waals surface area contributed by atoms with Crippen molar-refractivity contribution in [2.45, 2.75) is 68.8 Å². The first-order valence-corrected chi connectivity index (χ1v) is 12.9. The molecular formula is C23H33N5O4S. The zero-order valence-corrected chi connectivity index (χ0v) is 19.8. The molecule has 1 fully saturated rings. The van der Waals surface area contributed by atoms with Crippen molar-refractivity contribution in [3.05, 3.63) is 36.2 Å². The second-order valence-electron chi connectivity index (χ2n) is 8.65. The SMILES string of the molecule is Cc1cncc2cccc(S(=O)(=O)N[C@H]3CN[C@H](CNC(=O)CCCCCCC(N)=O)C3)c12. The number of sulfonamides is 1. The molecular weight excluding hydrogens is 442 g/mol. The highest BCUT2D eigenvalue weighted by atomic mass is 32.2. The minimum absolute atomic E-state index is 0.00988. The molecule has 3 rings (SSSR count). The van der Waals surface area contributed by atoms with E-state index >= 15 is 0 Å². The normalized spacial score (nSPS) is 18.5. The fourth-order valence-corrected chi connectivity index (χ4v) is 5.76. The van der Waals surface area contributed by atoms with Gasteiger partial charge >= 0.3 is 0 Å². The number of benzene rings is 1. The van der Waals surface area contributed by atoms with E-state index in [1.165, 1.54) is 0 Å². The molecule has 0 aliphatic carbocycles. The molecule has 1 aliphatic rings. The Morgan fingerprint density at radius 2 is 1.91 bits per heavy atom. The van der Waals surface area contributed by atoms with Crippen LogP contribution in [-0.4, -0.2) is 50.4 Å². The number of primary amides is 1. The van der Waals surface area contributed by atoms with Crippen LogP contribution >= 0.6 is 0 Å². The standard InChI is InChI=1S/C23H33N5O4S/c1-16-12-25-13-17-7-6-8-20(23(16)17)33(31,32)28-19-11-18(26-15-19)14-27-22(30)10-5-3-2-4-9-21(24)29/h6-8,12-13,18-19,26,28H,2-5,9-11,14-15H2,1H3,(H2,24,29)(H,27,30)/t18-,19+/m0/s1. The first-order chi connectivity index (χ1) is 15.8. The maximum Gasteiger partial charge on any atom is 0.241 e. The third kappa shape index (κ3) is 7.21. The summed E-state index contributed by atoms with van der Waals surface area (Å²) in [6.07, 6.45) is 8.05. The number of amides is 2. The molecule has 9 nitrogen and oxygen atoms in total. The van der Waals surface area contributed by atoms with Gasteiger partial charge in [0.2, 0.25) is 21.8 Å². The first-order valence-electron chi connectivity index (χ1n) is 11.4. The highest BCUT2D eigenvalue weighted by molar-refractivity contribution is 7.89. The highest BCUT2D eigenvalue weighted by Gasteiger charge is 2.29. The van der Waals surface area contributed by atoms with Crippen LogP contribution in [0.25, 0.3) is 10.8 Å². The molecule has 1 aromatic heterocycles. The molecule has 0 radical (unpaired) electrons. The van der Waals surface area contributed by atoms with E-state index in [0.717, 1.165) is 36.6 Å². The third-order valence-corrected chi connectivity index (χ3v) is 7.45. The van der Waals surface area contributed by atoms with Crippen LogP contribution in [0.5, 0.6) is 0 Å². The number of rotatable bonds is 12. The number of hydrogen-bond acceptors (Lipinski definition) is 6. The Bertz CT molecular complexity index is 1080. The summed E-state index contributed by atoms with van der Waals surface area (Å²) in [7, 11) is -3.71. The Kier molecular flexibility index (Phi) is 8.76. The number of nitrogens with one attached hydrogen (secondary N) is 3. The summed E-state index contributed by atoms with van der Waals surface area (Å²) in [4.78, 5) is 27.2. The molecule has 1 saturated heterocycles. The maximum absolute atomic E-state index is 13.1. The minimum atomic E-state index is -3.71. The maximum atomic E-state index is 13.1. The van der Waals surface area contributed by atoms with Crippen LogP contribution in [0, 0.1) is 6.92 Å². The molecule has 2 amide bonds. The van der Waals surface area contributed by atoms with Gasteiger partial charge in [-0.2, -0.15) is 0 Å². The van der Waals surface area contributed by atoms with E-state index in [1.54, 1.807) is 24.5 Å². The number of nitrogens with two attached hydrogens (primary N) is 1. The summed E-state index contributed by atoms with van der Waals surface area (Å²) in [6, 6.07) is 4.95. The fraction of sp³-hybridized carbons (Fsp3) is 0.522. The van der Waals surface area contributed by atoms with E-state index in [4.69, 9.17) is 5.73 Å². The van der Waals surface area contributed by atoms with Gasteiger partial charge in [0.05, 0.1) is 4.90 Å². The lowest BCUT2D eigenvalue weighted by atomic mass is 10.1. The van der Waals surface area contributed by atoms with Crippen LogP contribution in [0.4, 0.5) is 0 Å². The van der Waals surface area contributed by atoms with Crippen molar-refractivity contribution in [2.24, 2.45) is 5.73 Å². The molecule has 0 saturated carbocycles. The number of aryl methyl sites for hydroxylation is 1. The van der Waals surface area contributed by atoms with Crippen LogP contribution in [0.2, 0.25) is 0 Å². The van der Waals surface area contributed by atoms with Crippen molar-refractivity contribution in [3.8, 4) is 0 Å². The molecule has 2 heterocycles. The van der Waals surface area contributed by atoms with Gasteiger partial charge in [-0.25, -0.2) is 13.1 Å². The Morgan fingerprint density at radius 3 is 2.67 bits per heavy atom. The molecule has 10 heteroatoms. The molecule has 1 aromatic carbocycles. The van der Waals surface area contributed by atoms with E-state index in [0.29, 0.717) is 37.7 Å². The first kappa shape index (κ1) is 25.1. The zero-order valence-electron chi connectivity index (χ0n) is 19.0. The molecule has 180 valence electrons. The topological polar surface area (TPSA) is 143 Å². The second-order valence-corrected chi connectivity index (χ2v) is 10.3. The number of hydrogen-bond donors (Lipinski definition) is 4. The van der Waals surface area contributed by atoms with Gasteiger partial charge in [-0.05, 0) is 37.8 Å². The zero-order chi connectivity index (χ0) is 23.8. The summed E-state index contributed by atoms with van der Waals surface area (Å²) in [5, 5.41) is 7.68. The number of carbonyl (C=O) groups is 2. The quantitative estimate of drug-likeness (QED) is 0.343. The summed E-state index contributed by atoms with van der Waals surface area (Å²) in [5.41, 5.74) is 5.92. The van der Waals surface area contributed by atoms with Crippen molar-refractivity contribution < 1.29 is 18.0 Å². The van der Waals surface area contributed by atoms with Gasteiger partial charge in [-0.15, -0.1) is 0 Å². The predicted octanol–water partition coefficient (Wildman–Crippen LogP) is 1.49. The summed E-state index contributed by atoms with van der Waals surface area (Å²) < 4.78 is 29.0. The molecule has 0 spiro atoms. The number of fused-ring (bicyclic) bond motifs is 1. The van der Waals surface area contributed by atoms with Crippen molar-refractivity contribution >= 4 is 32.6 Å². The van der Waals surface area contributed by atoms with Gasteiger partial charge in [0.15, 0.2) is 0 Å². The molecule has 0 bridgehead atoms. The van der Waals surface area contributed by atoms with Gasteiger partial charge in [-0.1, -0.05) is 25.0 Å². The van der Waals surface area contributed by atoms with E-state index in [1.807, 2.05) is 13.0 Å². The average Bonchev–Trinajstić information content (AvgIpc) is 3.21. The largest absolute Gasteiger partial charge is 0.370 e. The van der Waals surface area contributed by atoms with Crippen LogP contribution in [-0.2, 0) is 19.6 Å². The molecule has 2 atom stereocenters. The van der Waals surface area contributed by atoms with Crippen LogP contribution in [0.1, 0.15) is 50.5 Å². The van der Waals surface area contributed by atoms with Crippen molar-refractivity contribution in [1.82, 2.24) is 20.3 Å². The van der Waals surface area contributed by atoms with Gasteiger partial charge in [-0.3, -0.25) is 14.6 Å². The Labute approximate surface area is 195 Å². The van der Waals surface area contributed by atoms with Crippen LogP contribution < -0.4 is 21.1 Å². The number of carbonyl (C=O) groups excluding carboxylic acids is 2. The van der Waals surface area contributed by atoms with Crippen molar-refractivity contribution in [3.63, 3.8) is 0 Å². The monoisotopic (exact) mass is 475 g/mol. The Balaban J connectivity index is 1.44. The van der Waals surface area contributed by atoms with E-state index in [2.05, 4.69) is 20.3 Å². The molecule has 1 aliphatic heterocycles. The third-order valence-electron chi connectivity index (χ3n) is 5.89. The number of nitrogens with zero attached hydrogens (tertiary/aromatic N) is 1. The average molecular weight is 476 g/mol. The summed E-state index contributed by atoms with van der Waals surface area (Å²) >= 11 is 0. The lowest BCUT2D eigenvalue weighted by molar-refractivity contribution is -0.121. The van der Waals surface area contributed by atoms with Gasteiger partial charge < -0.3 is 16.4 Å². The van der Waals surface area contributed by atoms with Crippen molar-refractivity contribution in [1.29, 1.82) is 0 Å². The molecule has 5 N–H and O–H groups in total. The number of pyridine rings is 1. The Hall–Kier alpha value is -2.56. The van der Waals surface area contributed by atoms with Crippen LogP contribution in [0.15, 0.2) is 35.5 Å². The fourth-order valence-electron chi connectivity index (χ4n) is 4.21. The van der Waals surface area contributed by atoms with Gasteiger partial charge in [0.1, 0.15) is 0 Å². The molecule has 2 aromatic rings. The second kappa shape index (κ2) is 11.5. The molecule has 0 unspecified atom stereocenters. The van der Waals surface area contributed by atoms with E-state index in [-0.39, 0.29) is 28.8 Å². The Morgan fingerprint density at radius 1 is 1.15 bits per heavy atom. The predicted molar refractivity (Wildman–Crippen MR) is 127 cm³/mol. The van der Waals surface area contributed by atoms with Gasteiger partial charge in [0, 0.05) is 61.2 Å². The van der Waals surface area contributed by atoms with Crippen LogP contribution in [0.3, 0.4) is 0 Å².